The van der Waals surface area contributed by atoms with Crippen LogP contribution in [0.2, 0.25) is 0 Å². The number of aromatic hydroxyl groups is 2. The Labute approximate surface area is 251 Å². The molecule has 0 aromatic heterocycles. The van der Waals surface area contributed by atoms with Crippen molar-refractivity contribution in [1.29, 1.82) is 0 Å². The molecule has 3 aliphatic rings. The Kier molecular flexibility index (Phi) is 6.79. The Morgan fingerprint density at radius 3 is 2.39 bits per heavy atom. The van der Waals surface area contributed by atoms with Gasteiger partial charge in [-0.15, -0.1) is 0 Å². The van der Waals surface area contributed by atoms with Crippen molar-refractivity contribution in [2.75, 3.05) is 0 Å². The lowest BCUT2D eigenvalue weighted by Crippen LogP contribution is -2.65. The van der Waals surface area contributed by atoms with Gasteiger partial charge in [0.2, 0.25) is 17.7 Å². The van der Waals surface area contributed by atoms with Crippen molar-refractivity contribution >= 4 is 29.7 Å². The summed E-state index contributed by atoms with van der Waals surface area (Å²) in [4.78, 5) is 64.3. The van der Waals surface area contributed by atoms with Gasteiger partial charge in [-0.05, 0) is 42.7 Å². The number of ether oxygens (including phenoxy) is 2. The monoisotopic (exact) mass is 599 g/mol. The molecule has 1 fully saturated rings. The highest BCUT2D eigenvalue weighted by atomic mass is 16.6. The number of rotatable bonds is 7. The zero-order valence-electron chi connectivity index (χ0n) is 23.9. The number of phenols is 2. The van der Waals surface area contributed by atoms with Gasteiger partial charge >= 0.3 is 12.0 Å². The quantitative estimate of drug-likeness (QED) is 0.201. The van der Waals surface area contributed by atoms with Gasteiger partial charge in [0.15, 0.2) is 5.60 Å². The van der Waals surface area contributed by atoms with E-state index in [1.54, 1.807) is 43.3 Å². The SMILES string of the molecule is CCCC(C)C1(CC(=O)NCc2c(O)ccc3c2Oc2cc(O)ccc2C32OC(=O)c3ccccc32)C(=O)NC(=O)NC1=O. The molecule has 12 nitrogen and oxygen atoms in total. The van der Waals surface area contributed by atoms with Crippen molar-refractivity contribution in [3.8, 4) is 23.0 Å². The predicted octanol–water partition coefficient (Wildman–Crippen LogP) is 3.46. The summed E-state index contributed by atoms with van der Waals surface area (Å²) in [6.07, 6.45) is 0.520. The number of fused-ring (bicyclic) bond motifs is 6. The minimum absolute atomic E-state index is 0.0979. The van der Waals surface area contributed by atoms with Gasteiger partial charge in [-0.25, -0.2) is 9.59 Å². The van der Waals surface area contributed by atoms with Gasteiger partial charge in [0.05, 0.1) is 24.1 Å². The molecule has 1 spiro atoms. The molecule has 44 heavy (non-hydrogen) atoms. The summed E-state index contributed by atoms with van der Waals surface area (Å²) in [6.45, 7) is 3.25. The fraction of sp³-hybridized carbons (Fsp3) is 0.281. The molecule has 0 aliphatic carbocycles. The van der Waals surface area contributed by atoms with Crippen LogP contribution >= 0.6 is 0 Å². The van der Waals surface area contributed by atoms with Crippen LogP contribution < -0.4 is 20.7 Å². The highest BCUT2D eigenvalue weighted by Crippen LogP contribution is 2.58. The Hall–Kier alpha value is -5.39. The van der Waals surface area contributed by atoms with E-state index < -0.39 is 53.1 Å². The third-order valence-corrected chi connectivity index (χ3v) is 8.67. The number of amides is 5. The molecule has 3 aliphatic heterocycles. The normalized spacial score (nSPS) is 20.0. The topological polar surface area (TPSA) is 180 Å². The van der Waals surface area contributed by atoms with Crippen LogP contribution in [0.25, 0.3) is 0 Å². The van der Waals surface area contributed by atoms with E-state index in [2.05, 4.69) is 16.0 Å². The molecule has 6 rings (SSSR count). The molecule has 2 unspecified atom stereocenters. The van der Waals surface area contributed by atoms with Crippen molar-refractivity contribution < 1.29 is 43.7 Å². The number of barbiturate groups is 1. The summed E-state index contributed by atoms with van der Waals surface area (Å²) >= 11 is 0. The van der Waals surface area contributed by atoms with Crippen molar-refractivity contribution in [3.63, 3.8) is 0 Å². The largest absolute Gasteiger partial charge is 0.508 e. The number of carbonyl (C=O) groups excluding carboxylic acids is 5. The summed E-state index contributed by atoms with van der Waals surface area (Å²) in [5, 5.41) is 28.1. The average molecular weight is 600 g/mol. The molecule has 5 N–H and O–H groups in total. The van der Waals surface area contributed by atoms with Gasteiger partial charge in [0, 0.05) is 22.8 Å². The van der Waals surface area contributed by atoms with Gasteiger partial charge in [-0.2, -0.15) is 0 Å². The number of hydrogen-bond acceptors (Lipinski definition) is 9. The van der Waals surface area contributed by atoms with Gasteiger partial charge in [-0.1, -0.05) is 38.5 Å². The summed E-state index contributed by atoms with van der Waals surface area (Å²) in [6, 6.07) is 13.3. The van der Waals surface area contributed by atoms with E-state index in [0.29, 0.717) is 35.1 Å². The Morgan fingerprint density at radius 2 is 1.66 bits per heavy atom. The Balaban J connectivity index is 1.38. The lowest BCUT2D eigenvalue weighted by molar-refractivity contribution is -0.152. The molecule has 3 aromatic rings. The average Bonchev–Trinajstić information content (AvgIpc) is 3.27. The summed E-state index contributed by atoms with van der Waals surface area (Å²) in [5.74, 6) is -3.62. The summed E-state index contributed by atoms with van der Waals surface area (Å²) in [7, 11) is 0. The van der Waals surface area contributed by atoms with E-state index in [1.165, 1.54) is 18.2 Å². The Bertz CT molecular complexity index is 1750. The maximum atomic E-state index is 13.4. The van der Waals surface area contributed by atoms with E-state index in [0.717, 1.165) is 0 Å². The first kappa shape index (κ1) is 28.7. The zero-order valence-corrected chi connectivity index (χ0v) is 23.9. The fourth-order valence-electron chi connectivity index (χ4n) is 6.47. The van der Waals surface area contributed by atoms with Crippen molar-refractivity contribution in [3.05, 3.63) is 82.4 Å². The lowest BCUT2D eigenvalue weighted by Gasteiger charge is -2.38. The maximum absolute atomic E-state index is 13.4. The van der Waals surface area contributed by atoms with Crippen molar-refractivity contribution in [1.82, 2.24) is 16.0 Å². The number of nitrogens with one attached hydrogen (secondary N) is 3. The first-order chi connectivity index (χ1) is 21.0. The highest BCUT2D eigenvalue weighted by Gasteiger charge is 2.56. The smallest absolute Gasteiger partial charge is 0.340 e. The van der Waals surface area contributed by atoms with Crippen LogP contribution in [0.1, 0.15) is 65.7 Å². The number of esters is 1. The minimum Gasteiger partial charge on any atom is -0.508 e. The molecule has 1 saturated heterocycles. The number of benzene rings is 3. The van der Waals surface area contributed by atoms with Crippen LogP contribution in [-0.2, 0) is 31.3 Å². The first-order valence-electron chi connectivity index (χ1n) is 14.2. The number of hydrogen-bond donors (Lipinski definition) is 5. The Morgan fingerprint density at radius 1 is 0.955 bits per heavy atom. The molecule has 0 bridgehead atoms. The number of urea groups is 1. The van der Waals surface area contributed by atoms with Crippen LogP contribution in [-0.4, -0.2) is 39.9 Å². The molecule has 12 heteroatoms. The first-order valence-corrected chi connectivity index (χ1v) is 14.2. The van der Waals surface area contributed by atoms with Crippen LogP contribution in [0.3, 0.4) is 0 Å². The number of phenolic OH excluding ortho intramolecular Hbond substituents is 2. The van der Waals surface area contributed by atoms with Crippen LogP contribution in [0.15, 0.2) is 54.6 Å². The van der Waals surface area contributed by atoms with E-state index in [1.807, 2.05) is 6.92 Å². The van der Waals surface area contributed by atoms with Crippen LogP contribution in [0.4, 0.5) is 4.79 Å². The summed E-state index contributed by atoms with van der Waals surface area (Å²) < 4.78 is 12.3. The lowest BCUT2D eigenvalue weighted by atomic mass is 9.69. The van der Waals surface area contributed by atoms with E-state index >= 15 is 0 Å². The molecule has 0 radical (unpaired) electrons. The highest BCUT2D eigenvalue weighted by molar-refractivity contribution is 6.20. The molecule has 0 saturated carbocycles. The molecule has 3 aromatic carbocycles. The second kappa shape index (κ2) is 10.4. The molecule has 2 atom stereocenters. The minimum atomic E-state index is -1.83. The fourth-order valence-corrected chi connectivity index (χ4v) is 6.47. The van der Waals surface area contributed by atoms with Crippen LogP contribution in [0, 0.1) is 11.3 Å². The molecule has 5 amide bonds. The van der Waals surface area contributed by atoms with Crippen LogP contribution in [0.5, 0.6) is 23.0 Å². The van der Waals surface area contributed by atoms with E-state index in [4.69, 9.17) is 9.47 Å². The standard InChI is InChI=1S/C32H29N3O9/c1-3-6-16(2)31(28(40)34-30(42)35-29(31)41)14-25(38)33-15-19-23(37)12-11-22-26(19)43-24-13-17(36)9-10-21(24)32(22)20-8-5-4-7-18(20)27(39)44-32/h4-5,7-13,16,36-37H,3,6,14-15H2,1-2H3,(H,33,38)(H2,34,35,40,41,42). The second-order valence-electron chi connectivity index (χ2n) is 11.2. The van der Waals surface area contributed by atoms with E-state index in [-0.39, 0.29) is 35.1 Å². The number of carbonyl (C=O) groups is 5. The third kappa shape index (κ3) is 4.16. The maximum Gasteiger partial charge on any atom is 0.340 e. The van der Waals surface area contributed by atoms with Crippen molar-refractivity contribution in [2.45, 2.75) is 45.3 Å². The van der Waals surface area contributed by atoms with Gasteiger partial charge in [-0.3, -0.25) is 25.0 Å². The molecule has 226 valence electrons. The van der Waals surface area contributed by atoms with E-state index in [9.17, 15) is 34.2 Å². The second-order valence-corrected chi connectivity index (χ2v) is 11.2. The van der Waals surface area contributed by atoms with Gasteiger partial charge in [0.1, 0.15) is 28.4 Å². The predicted molar refractivity (Wildman–Crippen MR) is 153 cm³/mol. The third-order valence-electron chi connectivity index (χ3n) is 8.67. The molecule has 3 heterocycles. The molecular weight excluding hydrogens is 570 g/mol. The van der Waals surface area contributed by atoms with Gasteiger partial charge in [0.25, 0.3) is 0 Å². The number of imide groups is 2. The van der Waals surface area contributed by atoms with Crippen molar-refractivity contribution in [2.24, 2.45) is 11.3 Å². The summed E-state index contributed by atoms with van der Waals surface area (Å²) in [5.41, 5.74) is -1.44. The zero-order chi connectivity index (χ0) is 31.4. The van der Waals surface area contributed by atoms with Gasteiger partial charge < -0.3 is 25.0 Å². The molecular formula is C32H29N3O9.